The van der Waals surface area contributed by atoms with Gasteiger partial charge in [0.15, 0.2) is 17.7 Å². The van der Waals surface area contributed by atoms with Gasteiger partial charge in [-0.25, -0.2) is 0 Å². The summed E-state index contributed by atoms with van der Waals surface area (Å²) in [6.45, 7) is 5.41. The van der Waals surface area contributed by atoms with E-state index in [9.17, 15) is 0 Å². The van der Waals surface area contributed by atoms with E-state index >= 15 is 0 Å². The van der Waals surface area contributed by atoms with Crippen molar-refractivity contribution >= 4 is 11.9 Å². The fourth-order valence-corrected chi connectivity index (χ4v) is 4.18. The maximum Gasteiger partial charge on any atom is 0.185 e. The van der Waals surface area contributed by atoms with Gasteiger partial charge in [0.2, 0.25) is 0 Å². The fraction of sp³-hybridized carbons (Fsp3) is 0.900. The minimum Gasteiger partial charge on any atom is -0.370 e. The molecule has 1 spiro atoms. The predicted octanol–water partition coefficient (Wildman–Crippen LogP) is 1.28. The SMILES string of the molecule is N=C(N)NCC1COC2(CCCCC2)O1.N=C(N)NCCN1CCCCCCC1. The predicted molar refractivity (Wildman–Crippen MR) is 116 cm³/mol. The van der Waals surface area contributed by atoms with Gasteiger partial charge in [-0.3, -0.25) is 10.8 Å². The third-order valence-corrected chi connectivity index (χ3v) is 5.74. The van der Waals surface area contributed by atoms with Crippen molar-refractivity contribution in [1.82, 2.24) is 15.5 Å². The first-order valence-electron chi connectivity index (χ1n) is 11.2. The highest BCUT2D eigenvalue weighted by atomic mass is 16.7. The van der Waals surface area contributed by atoms with Crippen LogP contribution in [0.25, 0.3) is 0 Å². The van der Waals surface area contributed by atoms with Crippen molar-refractivity contribution in [3.8, 4) is 0 Å². The summed E-state index contributed by atoms with van der Waals surface area (Å²) in [7, 11) is 0. The maximum atomic E-state index is 7.06. The Labute approximate surface area is 175 Å². The van der Waals surface area contributed by atoms with Crippen LogP contribution in [0.5, 0.6) is 0 Å². The Morgan fingerprint density at radius 1 is 0.897 bits per heavy atom. The van der Waals surface area contributed by atoms with Gasteiger partial charge in [-0.15, -0.1) is 0 Å². The first kappa shape index (κ1) is 23.7. The van der Waals surface area contributed by atoms with Gasteiger partial charge in [0.25, 0.3) is 0 Å². The summed E-state index contributed by atoms with van der Waals surface area (Å²) in [5.41, 5.74) is 10.4. The van der Waals surface area contributed by atoms with Gasteiger partial charge in [-0.1, -0.05) is 25.7 Å². The third-order valence-electron chi connectivity index (χ3n) is 5.74. The number of guanidine groups is 2. The Balaban J connectivity index is 0.000000208. The Morgan fingerprint density at radius 2 is 1.48 bits per heavy atom. The molecule has 0 bridgehead atoms. The number of rotatable bonds is 5. The summed E-state index contributed by atoms with van der Waals surface area (Å²) in [6.07, 6.45) is 12.5. The van der Waals surface area contributed by atoms with E-state index < -0.39 is 0 Å². The lowest BCUT2D eigenvalue weighted by molar-refractivity contribution is -0.186. The molecule has 1 atom stereocenters. The third kappa shape index (κ3) is 9.64. The Bertz CT molecular complexity index is 489. The van der Waals surface area contributed by atoms with E-state index in [1.54, 1.807) is 0 Å². The number of nitrogens with two attached hydrogens (primary N) is 2. The van der Waals surface area contributed by atoms with Crippen LogP contribution in [0.3, 0.4) is 0 Å². The van der Waals surface area contributed by atoms with Crippen LogP contribution in [0.2, 0.25) is 0 Å². The second-order valence-corrected chi connectivity index (χ2v) is 8.27. The molecule has 2 saturated heterocycles. The molecule has 3 rings (SSSR count). The van der Waals surface area contributed by atoms with E-state index in [2.05, 4.69) is 15.5 Å². The molecular formula is C20H41N7O2. The van der Waals surface area contributed by atoms with E-state index in [1.165, 1.54) is 64.5 Å². The smallest absolute Gasteiger partial charge is 0.185 e. The Hall–Kier alpha value is -1.58. The van der Waals surface area contributed by atoms with Gasteiger partial charge < -0.3 is 36.5 Å². The molecule has 29 heavy (non-hydrogen) atoms. The molecule has 0 radical (unpaired) electrons. The molecule has 9 heteroatoms. The average Bonchev–Trinajstić information content (AvgIpc) is 3.05. The lowest BCUT2D eigenvalue weighted by atomic mass is 9.94. The Morgan fingerprint density at radius 3 is 2.10 bits per heavy atom. The van der Waals surface area contributed by atoms with Crippen LogP contribution in [-0.4, -0.2) is 68.0 Å². The van der Waals surface area contributed by atoms with Crippen LogP contribution in [0.4, 0.5) is 0 Å². The lowest BCUT2D eigenvalue weighted by Crippen LogP contribution is -2.39. The van der Waals surface area contributed by atoms with Crippen molar-refractivity contribution < 1.29 is 9.47 Å². The molecule has 1 aliphatic carbocycles. The molecule has 1 unspecified atom stereocenters. The number of nitrogens with one attached hydrogen (secondary N) is 4. The molecule has 2 heterocycles. The van der Waals surface area contributed by atoms with Crippen molar-refractivity contribution in [2.24, 2.45) is 11.5 Å². The number of nitrogens with zero attached hydrogens (tertiary/aromatic N) is 1. The van der Waals surface area contributed by atoms with Gasteiger partial charge in [-0.05, 0) is 38.8 Å². The summed E-state index contributed by atoms with van der Waals surface area (Å²) in [4.78, 5) is 2.47. The van der Waals surface area contributed by atoms with Gasteiger partial charge >= 0.3 is 0 Å². The van der Waals surface area contributed by atoms with E-state index in [1.807, 2.05) is 0 Å². The molecule has 1 saturated carbocycles. The summed E-state index contributed by atoms with van der Waals surface area (Å²) in [6, 6.07) is 0. The van der Waals surface area contributed by atoms with Gasteiger partial charge in [-0.2, -0.15) is 0 Å². The maximum absolute atomic E-state index is 7.06. The first-order valence-corrected chi connectivity index (χ1v) is 11.2. The van der Waals surface area contributed by atoms with Gasteiger partial charge in [0.05, 0.1) is 6.61 Å². The van der Waals surface area contributed by atoms with Crippen LogP contribution in [0, 0.1) is 10.8 Å². The zero-order valence-electron chi connectivity index (χ0n) is 17.8. The fourth-order valence-electron chi connectivity index (χ4n) is 4.18. The number of hydrogen-bond donors (Lipinski definition) is 6. The molecule has 3 fully saturated rings. The summed E-state index contributed by atoms with van der Waals surface area (Å²) >= 11 is 0. The first-order chi connectivity index (χ1) is 14.0. The minimum absolute atomic E-state index is 0.0109. The second-order valence-electron chi connectivity index (χ2n) is 8.27. The topological polar surface area (TPSA) is 146 Å². The molecule has 2 aliphatic heterocycles. The minimum atomic E-state index is -0.318. The van der Waals surface area contributed by atoms with E-state index in [4.69, 9.17) is 31.8 Å². The number of hydrogen-bond acceptors (Lipinski definition) is 5. The van der Waals surface area contributed by atoms with E-state index in [-0.39, 0.29) is 23.8 Å². The molecule has 0 amide bonds. The average molecular weight is 412 g/mol. The van der Waals surface area contributed by atoms with Gasteiger partial charge in [0.1, 0.15) is 6.10 Å². The van der Waals surface area contributed by atoms with Crippen molar-refractivity contribution in [3.63, 3.8) is 0 Å². The number of ether oxygens (including phenoxy) is 2. The highest BCUT2D eigenvalue weighted by molar-refractivity contribution is 5.74. The van der Waals surface area contributed by atoms with Crippen molar-refractivity contribution in [2.45, 2.75) is 76.1 Å². The van der Waals surface area contributed by atoms with Crippen molar-refractivity contribution in [2.75, 3.05) is 39.3 Å². The molecule has 8 N–H and O–H groups in total. The van der Waals surface area contributed by atoms with Crippen LogP contribution in [0.15, 0.2) is 0 Å². The second kappa shape index (κ2) is 12.9. The monoisotopic (exact) mass is 411 g/mol. The summed E-state index contributed by atoms with van der Waals surface area (Å²) in [5, 5.41) is 19.7. The molecule has 168 valence electrons. The van der Waals surface area contributed by atoms with Crippen LogP contribution in [0.1, 0.15) is 64.2 Å². The largest absolute Gasteiger partial charge is 0.370 e. The molecule has 3 aliphatic rings. The van der Waals surface area contributed by atoms with E-state index in [0.29, 0.717) is 13.2 Å². The molecule has 9 nitrogen and oxygen atoms in total. The van der Waals surface area contributed by atoms with Crippen LogP contribution >= 0.6 is 0 Å². The Kier molecular flexibility index (Phi) is 10.5. The van der Waals surface area contributed by atoms with Crippen LogP contribution in [-0.2, 0) is 9.47 Å². The van der Waals surface area contributed by atoms with Gasteiger partial charge in [0, 0.05) is 32.5 Å². The van der Waals surface area contributed by atoms with E-state index in [0.717, 1.165) is 25.9 Å². The number of likely N-dealkylation sites (tertiary alicyclic amines) is 1. The molecule has 0 aromatic rings. The zero-order valence-corrected chi connectivity index (χ0v) is 17.8. The normalized spacial score (nSPS) is 24.6. The van der Waals surface area contributed by atoms with Crippen molar-refractivity contribution in [1.29, 1.82) is 10.8 Å². The molecule has 0 aromatic carbocycles. The molecule has 0 aromatic heterocycles. The highest BCUT2D eigenvalue weighted by Crippen LogP contribution is 2.37. The van der Waals surface area contributed by atoms with Crippen LogP contribution < -0.4 is 22.1 Å². The summed E-state index contributed by atoms with van der Waals surface area (Å²) < 4.78 is 11.7. The van der Waals surface area contributed by atoms with Crippen molar-refractivity contribution in [3.05, 3.63) is 0 Å². The zero-order chi connectivity index (χ0) is 21.0. The lowest BCUT2D eigenvalue weighted by Gasteiger charge is -2.31. The standard InChI is InChI=1S/C10H22N4.C10H19N3O2/c11-10(12)13-6-9-14-7-4-2-1-3-5-8-14;11-9(12)13-6-8-7-14-10(15-8)4-2-1-3-5-10/h1-9H2,(H4,11,12,13);8H,1-7H2,(H4,11,12,13). The molecular weight excluding hydrogens is 370 g/mol. The highest BCUT2D eigenvalue weighted by Gasteiger charge is 2.41. The quantitative estimate of drug-likeness (QED) is 0.295. The summed E-state index contributed by atoms with van der Waals surface area (Å²) in [5.74, 6) is -0.248.